The quantitative estimate of drug-likeness (QED) is 0.832. The summed E-state index contributed by atoms with van der Waals surface area (Å²) in [5.41, 5.74) is 1.32. The molecule has 1 aliphatic rings. The average molecular weight is 270 g/mol. The molecule has 102 valence electrons. The van der Waals surface area contributed by atoms with Gasteiger partial charge in [-0.1, -0.05) is 0 Å². The monoisotopic (exact) mass is 270 g/mol. The highest BCUT2D eigenvalue weighted by molar-refractivity contribution is 7.07. The molecule has 0 amide bonds. The van der Waals surface area contributed by atoms with Crippen molar-refractivity contribution in [2.75, 3.05) is 46.4 Å². The van der Waals surface area contributed by atoms with Gasteiger partial charge in [0.15, 0.2) is 0 Å². The van der Waals surface area contributed by atoms with Gasteiger partial charge in [-0.25, -0.2) is 0 Å². The lowest BCUT2D eigenvalue weighted by atomic mass is 10.2. The van der Waals surface area contributed by atoms with Gasteiger partial charge in [0.25, 0.3) is 0 Å². The van der Waals surface area contributed by atoms with Crippen molar-refractivity contribution in [1.29, 1.82) is 0 Å². The van der Waals surface area contributed by atoms with Crippen LogP contribution in [-0.2, 0) is 11.3 Å². The number of morpholine rings is 1. The lowest BCUT2D eigenvalue weighted by Crippen LogP contribution is -2.43. The second-order valence-corrected chi connectivity index (χ2v) is 5.68. The fourth-order valence-corrected chi connectivity index (χ4v) is 2.92. The number of β-amino-alcohol motifs (C(OH)–C–C–N with tert-alkyl or cyclic N) is 1. The molecule has 0 spiro atoms. The summed E-state index contributed by atoms with van der Waals surface area (Å²) < 4.78 is 5.30. The van der Waals surface area contributed by atoms with Gasteiger partial charge >= 0.3 is 0 Å². The number of hydrogen-bond acceptors (Lipinski definition) is 5. The van der Waals surface area contributed by atoms with Gasteiger partial charge in [-0.3, -0.25) is 9.80 Å². The Morgan fingerprint density at radius 2 is 2.28 bits per heavy atom. The summed E-state index contributed by atoms with van der Waals surface area (Å²) >= 11 is 1.72. The maximum atomic E-state index is 10.1. The first-order chi connectivity index (χ1) is 8.74. The highest BCUT2D eigenvalue weighted by Gasteiger charge is 2.16. The molecule has 0 radical (unpaired) electrons. The smallest absolute Gasteiger partial charge is 0.0793 e. The zero-order valence-corrected chi connectivity index (χ0v) is 11.7. The van der Waals surface area contributed by atoms with Crippen molar-refractivity contribution in [2.24, 2.45) is 0 Å². The van der Waals surface area contributed by atoms with Gasteiger partial charge in [0.1, 0.15) is 0 Å². The van der Waals surface area contributed by atoms with E-state index >= 15 is 0 Å². The maximum Gasteiger partial charge on any atom is 0.0793 e. The van der Waals surface area contributed by atoms with Crippen LogP contribution in [-0.4, -0.2) is 67.5 Å². The van der Waals surface area contributed by atoms with Gasteiger partial charge in [0, 0.05) is 32.7 Å². The number of ether oxygens (including phenoxy) is 1. The summed E-state index contributed by atoms with van der Waals surface area (Å²) in [5.74, 6) is 0. The number of aliphatic hydroxyl groups is 1. The molecular formula is C13H22N2O2S. The Labute approximate surface area is 113 Å². The molecule has 0 saturated carbocycles. The first-order valence-electron chi connectivity index (χ1n) is 6.42. The summed E-state index contributed by atoms with van der Waals surface area (Å²) in [5, 5.41) is 14.3. The van der Waals surface area contributed by atoms with Gasteiger partial charge in [-0.05, 0) is 29.4 Å². The minimum Gasteiger partial charge on any atom is -0.390 e. The molecule has 1 aromatic heterocycles. The van der Waals surface area contributed by atoms with Gasteiger partial charge in [0.05, 0.1) is 19.3 Å². The molecule has 0 bridgehead atoms. The molecule has 0 aromatic carbocycles. The number of thiophene rings is 1. The first kappa shape index (κ1) is 14.0. The van der Waals surface area contributed by atoms with E-state index in [1.54, 1.807) is 11.3 Å². The summed E-state index contributed by atoms with van der Waals surface area (Å²) in [6.45, 7) is 5.82. The van der Waals surface area contributed by atoms with E-state index in [4.69, 9.17) is 4.74 Å². The van der Waals surface area contributed by atoms with Crippen LogP contribution in [0.5, 0.6) is 0 Å². The highest BCUT2D eigenvalue weighted by Crippen LogP contribution is 2.09. The Morgan fingerprint density at radius 1 is 1.50 bits per heavy atom. The lowest BCUT2D eigenvalue weighted by Gasteiger charge is -2.30. The fourth-order valence-electron chi connectivity index (χ4n) is 2.26. The standard InChI is InChI=1S/C13H22N2O2S/c1-14(8-12-2-7-18-11-12)9-13(16)10-15-3-5-17-6-4-15/h2,7,11,13,16H,3-6,8-10H2,1H3. The van der Waals surface area contributed by atoms with E-state index in [0.717, 1.165) is 39.4 Å². The number of nitrogens with zero attached hydrogens (tertiary/aromatic N) is 2. The van der Waals surface area contributed by atoms with E-state index in [-0.39, 0.29) is 6.10 Å². The lowest BCUT2D eigenvalue weighted by molar-refractivity contribution is 0.00826. The van der Waals surface area contributed by atoms with Gasteiger partial charge in [-0.15, -0.1) is 0 Å². The summed E-state index contributed by atoms with van der Waals surface area (Å²) in [4.78, 5) is 4.44. The van der Waals surface area contributed by atoms with Crippen LogP contribution in [0.1, 0.15) is 5.56 Å². The molecule has 1 atom stereocenters. The molecule has 1 N–H and O–H groups in total. The van der Waals surface area contributed by atoms with E-state index in [0.29, 0.717) is 6.54 Å². The van der Waals surface area contributed by atoms with Crippen LogP contribution in [0.4, 0.5) is 0 Å². The number of hydrogen-bond donors (Lipinski definition) is 1. The number of aliphatic hydroxyl groups excluding tert-OH is 1. The van der Waals surface area contributed by atoms with Crippen molar-refractivity contribution < 1.29 is 9.84 Å². The van der Waals surface area contributed by atoms with Gasteiger partial charge in [-0.2, -0.15) is 11.3 Å². The minimum absolute atomic E-state index is 0.285. The normalized spacial score (nSPS) is 19.3. The third kappa shape index (κ3) is 4.66. The minimum atomic E-state index is -0.285. The van der Waals surface area contributed by atoms with Crippen molar-refractivity contribution in [2.45, 2.75) is 12.6 Å². The van der Waals surface area contributed by atoms with Crippen LogP contribution in [0, 0.1) is 0 Å². The van der Waals surface area contributed by atoms with E-state index in [1.807, 2.05) is 0 Å². The molecule has 1 saturated heterocycles. The summed E-state index contributed by atoms with van der Waals surface area (Å²) in [6, 6.07) is 2.13. The van der Waals surface area contributed by atoms with Crippen molar-refractivity contribution in [3.8, 4) is 0 Å². The Bertz CT molecular complexity index is 326. The van der Waals surface area contributed by atoms with E-state index in [9.17, 15) is 5.11 Å². The molecule has 1 unspecified atom stereocenters. The molecule has 1 aromatic rings. The van der Waals surface area contributed by atoms with Gasteiger partial charge < -0.3 is 9.84 Å². The Balaban J connectivity index is 1.67. The molecule has 0 aliphatic carbocycles. The highest BCUT2D eigenvalue weighted by atomic mass is 32.1. The topological polar surface area (TPSA) is 35.9 Å². The Hall–Kier alpha value is -0.460. The van der Waals surface area contributed by atoms with E-state index in [1.165, 1.54) is 5.56 Å². The third-order valence-electron chi connectivity index (χ3n) is 3.13. The Morgan fingerprint density at radius 3 is 2.94 bits per heavy atom. The third-order valence-corrected chi connectivity index (χ3v) is 3.86. The van der Waals surface area contributed by atoms with Crippen molar-refractivity contribution in [3.63, 3.8) is 0 Å². The molecule has 1 aliphatic heterocycles. The van der Waals surface area contributed by atoms with Crippen molar-refractivity contribution in [3.05, 3.63) is 22.4 Å². The fraction of sp³-hybridized carbons (Fsp3) is 0.692. The van der Waals surface area contributed by atoms with Crippen LogP contribution in [0.15, 0.2) is 16.8 Å². The zero-order valence-electron chi connectivity index (χ0n) is 10.9. The molecule has 4 nitrogen and oxygen atoms in total. The van der Waals surface area contributed by atoms with E-state index in [2.05, 4.69) is 33.7 Å². The molecule has 1 fully saturated rings. The molecule has 2 rings (SSSR count). The SMILES string of the molecule is CN(Cc1ccsc1)CC(O)CN1CCOCC1. The molecule has 18 heavy (non-hydrogen) atoms. The molecule has 2 heterocycles. The van der Waals surface area contributed by atoms with Crippen molar-refractivity contribution >= 4 is 11.3 Å². The maximum absolute atomic E-state index is 10.1. The molecule has 5 heteroatoms. The van der Waals surface area contributed by atoms with Gasteiger partial charge in [0.2, 0.25) is 0 Å². The van der Waals surface area contributed by atoms with Crippen LogP contribution in [0.2, 0.25) is 0 Å². The summed E-state index contributed by atoms with van der Waals surface area (Å²) in [7, 11) is 2.06. The second kappa shape index (κ2) is 7.21. The van der Waals surface area contributed by atoms with Crippen LogP contribution >= 0.6 is 11.3 Å². The van der Waals surface area contributed by atoms with Crippen LogP contribution < -0.4 is 0 Å². The predicted octanol–water partition coefficient (Wildman–Crippen LogP) is 0.873. The average Bonchev–Trinajstić information content (AvgIpc) is 2.82. The summed E-state index contributed by atoms with van der Waals surface area (Å²) in [6.07, 6.45) is -0.285. The predicted molar refractivity (Wildman–Crippen MR) is 73.9 cm³/mol. The number of rotatable bonds is 6. The number of likely N-dealkylation sites (N-methyl/N-ethyl adjacent to an activating group) is 1. The Kier molecular flexibility index (Phi) is 5.59. The zero-order chi connectivity index (χ0) is 12.8. The first-order valence-corrected chi connectivity index (χ1v) is 7.36. The van der Waals surface area contributed by atoms with Crippen LogP contribution in [0.3, 0.4) is 0 Å². The van der Waals surface area contributed by atoms with Crippen LogP contribution in [0.25, 0.3) is 0 Å². The largest absolute Gasteiger partial charge is 0.390 e. The second-order valence-electron chi connectivity index (χ2n) is 4.90. The van der Waals surface area contributed by atoms with Crippen molar-refractivity contribution in [1.82, 2.24) is 9.80 Å². The van der Waals surface area contributed by atoms with E-state index < -0.39 is 0 Å². The molecular weight excluding hydrogens is 248 g/mol.